The topological polar surface area (TPSA) is 62.3 Å². The summed E-state index contributed by atoms with van der Waals surface area (Å²) < 4.78 is 29.1. The number of hydrogen-bond acceptors (Lipinski definition) is 4. The van der Waals surface area contributed by atoms with Crippen LogP contribution in [0.1, 0.15) is 49.4 Å². The van der Waals surface area contributed by atoms with Crippen molar-refractivity contribution in [2.24, 2.45) is 0 Å². The van der Waals surface area contributed by atoms with Gasteiger partial charge in [0.2, 0.25) is 11.8 Å². The first-order valence-electron chi connectivity index (χ1n) is 11.0. The van der Waals surface area contributed by atoms with Crippen molar-refractivity contribution in [3.63, 3.8) is 0 Å². The Morgan fingerprint density at radius 2 is 1.88 bits per heavy atom. The largest absolute Gasteiger partial charge is 0.351 e. The van der Waals surface area contributed by atoms with E-state index in [0.717, 1.165) is 32.1 Å². The Hall–Kier alpha value is -3.13. The van der Waals surface area contributed by atoms with Gasteiger partial charge in [-0.15, -0.1) is 11.3 Å². The standard InChI is InChI=1S/C25H25F2N3O2S/c26-17-7-6-10-20(13-17)30(23(31)14-19-15-33-16-28-19)24(21-11-4-5-12-22(21)27)25(32)29-18-8-2-1-3-9-18/h4-7,10-13,15-16,18,24H,1-3,8-9,14H2,(H,29,32). The molecule has 0 radical (unpaired) electrons. The molecule has 1 N–H and O–H groups in total. The maximum absolute atomic E-state index is 15.0. The van der Waals surface area contributed by atoms with Gasteiger partial charge in [-0.2, -0.15) is 0 Å². The molecule has 1 aromatic heterocycles. The minimum atomic E-state index is -1.29. The summed E-state index contributed by atoms with van der Waals surface area (Å²) in [5, 5.41) is 4.75. The number of amides is 2. The number of benzene rings is 2. The van der Waals surface area contributed by atoms with Gasteiger partial charge < -0.3 is 5.32 Å². The number of rotatable bonds is 7. The van der Waals surface area contributed by atoms with E-state index in [1.807, 2.05) is 0 Å². The average Bonchev–Trinajstić information content (AvgIpc) is 3.31. The Morgan fingerprint density at radius 3 is 2.58 bits per heavy atom. The van der Waals surface area contributed by atoms with Crippen LogP contribution in [0.5, 0.6) is 0 Å². The van der Waals surface area contributed by atoms with Crippen molar-refractivity contribution in [1.82, 2.24) is 10.3 Å². The molecule has 0 saturated heterocycles. The van der Waals surface area contributed by atoms with Crippen molar-refractivity contribution in [1.29, 1.82) is 0 Å². The van der Waals surface area contributed by atoms with Crippen LogP contribution in [0.4, 0.5) is 14.5 Å². The molecule has 0 aliphatic heterocycles. The van der Waals surface area contributed by atoms with E-state index in [4.69, 9.17) is 0 Å². The van der Waals surface area contributed by atoms with Crippen LogP contribution in [0, 0.1) is 11.6 Å². The molecule has 1 heterocycles. The van der Waals surface area contributed by atoms with Gasteiger partial charge in [-0.1, -0.05) is 43.5 Å². The van der Waals surface area contributed by atoms with Gasteiger partial charge in [-0.05, 0) is 37.1 Å². The Labute approximate surface area is 195 Å². The van der Waals surface area contributed by atoms with E-state index in [1.54, 1.807) is 23.0 Å². The third-order valence-electron chi connectivity index (χ3n) is 5.83. The van der Waals surface area contributed by atoms with Crippen molar-refractivity contribution >= 4 is 28.8 Å². The molecule has 1 saturated carbocycles. The summed E-state index contributed by atoms with van der Waals surface area (Å²) in [5.74, 6) is -2.12. The van der Waals surface area contributed by atoms with Crippen LogP contribution in [0.15, 0.2) is 59.4 Å². The minimum Gasteiger partial charge on any atom is -0.351 e. The smallest absolute Gasteiger partial charge is 0.248 e. The molecule has 172 valence electrons. The zero-order chi connectivity index (χ0) is 23.2. The fourth-order valence-corrected chi connectivity index (χ4v) is 4.81. The number of aromatic nitrogens is 1. The van der Waals surface area contributed by atoms with Crippen LogP contribution in [0.3, 0.4) is 0 Å². The second kappa shape index (κ2) is 10.7. The molecule has 1 atom stereocenters. The van der Waals surface area contributed by atoms with E-state index < -0.39 is 29.5 Å². The molecule has 5 nitrogen and oxygen atoms in total. The molecular weight excluding hydrogens is 444 g/mol. The molecule has 0 bridgehead atoms. The Kier molecular flexibility index (Phi) is 7.44. The van der Waals surface area contributed by atoms with E-state index in [0.29, 0.717) is 5.69 Å². The van der Waals surface area contributed by atoms with Crippen LogP contribution in [-0.4, -0.2) is 22.8 Å². The van der Waals surface area contributed by atoms with Gasteiger partial charge in [0, 0.05) is 22.7 Å². The lowest BCUT2D eigenvalue weighted by Crippen LogP contribution is -2.48. The molecule has 3 aromatic rings. The lowest BCUT2D eigenvalue weighted by molar-refractivity contribution is -0.127. The maximum atomic E-state index is 15.0. The second-order valence-corrected chi connectivity index (χ2v) is 8.89. The summed E-state index contributed by atoms with van der Waals surface area (Å²) in [7, 11) is 0. The van der Waals surface area contributed by atoms with Crippen LogP contribution in [-0.2, 0) is 16.0 Å². The van der Waals surface area contributed by atoms with Gasteiger partial charge in [-0.3, -0.25) is 14.5 Å². The molecule has 0 spiro atoms. The SMILES string of the molecule is O=C(NC1CCCCC1)C(c1ccccc1F)N(C(=O)Cc1cscn1)c1cccc(F)c1. The molecule has 33 heavy (non-hydrogen) atoms. The first-order valence-corrected chi connectivity index (χ1v) is 12.0. The third kappa shape index (κ3) is 5.63. The maximum Gasteiger partial charge on any atom is 0.248 e. The van der Waals surface area contributed by atoms with Gasteiger partial charge in [0.15, 0.2) is 0 Å². The number of anilines is 1. The van der Waals surface area contributed by atoms with Crippen LogP contribution >= 0.6 is 11.3 Å². The fourth-order valence-electron chi connectivity index (χ4n) is 4.25. The van der Waals surface area contributed by atoms with E-state index in [-0.39, 0.29) is 23.7 Å². The molecule has 1 unspecified atom stereocenters. The summed E-state index contributed by atoms with van der Waals surface area (Å²) >= 11 is 1.35. The van der Waals surface area contributed by atoms with Crippen molar-refractivity contribution in [3.05, 3.63) is 82.3 Å². The highest BCUT2D eigenvalue weighted by atomic mass is 32.1. The minimum absolute atomic E-state index is 0.0384. The fraction of sp³-hybridized carbons (Fsp3) is 0.320. The van der Waals surface area contributed by atoms with Crippen LogP contribution in [0.2, 0.25) is 0 Å². The number of hydrogen-bond donors (Lipinski definition) is 1. The quantitative estimate of drug-likeness (QED) is 0.518. The van der Waals surface area contributed by atoms with Crippen molar-refractivity contribution in [2.75, 3.05) is 4.90 Å². The Bertz CT molecular complexity index is 1100. The summed E-state index contributed by atoms with van der Waals surface area (Å²) in [6.45, 7) is 0. The lowest BCUT2D eigenvalue weighted by Gasteiger charge is -2.33. The summed E-state index contributed by atoms with van der Waals surface area (Å²) in [4.78, 5) is 32.5. The first kappa shape index (κ1) is 23.0. The summed E-state index contributed by atoms with van der Waals surface area (Å²) in [6.07, 6.45) is 4.70. The van der Waals surface area contributed by atoms with E-state index in [2.05, 4.69) is 10.3 Å². The molecular formula is C25H25F2N3O2S. The van der Waals surface area contributed by atoms with Gasteiger partial charge >= 0.3 is 0 Å². The zero-order valence-corrected chi connectivity index (χ0v) is 18.9. The van der Waals surface area contributed by atoms with E-state index in [9.17, 15) is 18.4 Å². The number of carbonyl (C=O) groups is 2. The number of carbonyl (C=O) groups excluding carboxylic acids is 2. The van der Waals surface area contributed by atoms with Gasteiger partial charge in [-0.25, -0.2) is 13.8 Å². The van der Waals surface area contributed by atoms with Crippen molar-refractivity contribution < 1.29 is 18.4 Å². The molecule has 2 amide bonds. The number of halogens is 2. The molecule has 2 aromatic carbocycles. The first-order chi connectivity index (χ1) is 16.0. The lowest BCUT2D eigenvalue weighted by atomic mass is 9.94. The number of thiazole rings is 1. The molecule has 4 rings (SSSR count). The number of nitrogens with zero attached hydrogens (tertiary/aromatic N) is 2. The average molecular weight is 470 g/mol. The highest BCUT2D eigenvalue weighted by Gasteiger charge is 2.36. The van der Waals surface area contributed by atoms with E-state index >= 15 is 0 Å². The highest BCUT2D eigenvalue weighted by molar-refractivity contribution is 7.07. The van der Waals surface area contributed by atoms with Crippen LogP contribution < -0.4 is 10.2 Å². The summed E-state index contributed by atoms with van der Waals surface area (Å²) in [6, 6.07) is 10.0. The second-order valence-electron chi connectivity index (χ2n) is 8.17. The van der Waals surface area contributed by atoms with Gasteiger partial charge in [0.1, 0.15) is 17.7 Å². The third-order valence-corrected chi connectivity index (χ3v) is 6.46. The van der Waals surface area contributed by atoms with Crippen molar-refractivity contribution in [2.45, 2.75) is 50.6 Å². The monoisotopic (exact) mass is 469 g/mol. The van der Waals surface area contributed by atoms with Crippen LogP contribution in [0.25, 0.3) is 0 Å². The molecule has 1 aliphatic rings. The van der Waals surface area contributed by atoms with Gasteiger partial charge in [0.25, 0.3) is 0 Å². The van der Waals surface area contributed by atoms with Gasteiger partial charge in [0.05, 0.1) is 17.6 Å². The molecule has 1 fully saturated rings. The molecule has 8 heteroatoms. The number of nitrogens with one attached hydrogen (secondary N) is 1. The van der Waals surface area contributed by atoms with Crippen molar-refractivity contribution in [3.8, 4) is 0 Å². The predicted molar refractivity (Wildman–Crippen MR) is 124 cm³/mol. The highest BCUT2D eigenvalue weighted by Crippen LogP contribution is 2.31. The zero-order valence-electron chi connectivity index (χ0n) is 18.0. The normalized spacial score (nSPS) is 15.1. The Balaban J connectivity index is 1.76. The van der Waals surface area contributed by atoms with E-state index in [1.165, 1.54) is 52.6 Å². The predicted octanol–water partition coefficient (Wildman–Crippen LogP) is 5.19. The Morgan fingerprint density at radius 1 is 1.09 bits per heavy atom. The molecule has 1 aliphatic carbocycles. The summed E-state index contributed by atoms with van der Waals surface area (Å²) in [5.41, 5.74) is 2.38.